The number of rotatable bonds is 8. The lowest BCUT2D eigenvalue weighted by atomic mass is 9.82. The zero-order valence-corrected chi connectivity index (χ0v) is 18.2. The highest BCUT2D eigenvalue weighted by Crippen LogP contribution is 2.31. The second kappa shape index (κ2) is 9.29. The molecule has 7 nitrogen and oxygen atoms in total. The highest BCUT2D eigenvalue weighted by atomic mass is 16.6. The first-order chi connectivity index (χ1) is 13.5. The molecule has 0 unspecified atom stereocenters. The van der Waals surface area contributed by atoms with Gasteiger partial charge in [0.15, 0.2) is 0 Å². The van der Waals surface area contributed by atoms with Crippen LogP contribution in [-0.2, 0) is 9.53 Å². The number of nitrogens with two attached hydrogens (primary N) is 1. The lowest BCUT2D eigenvalue weighted by Gasteiger charge is -2.34. The van der Waals surface area contributed by atoms with Crippen LogP contribution in [0.25, 0.3) is 0 Å². The van der Waals surface area contributed by atoms with Crippen molar-refractivity contribution >= 4 is 23.4 Å². The lowest BCUT2D eigenvalue weighted by molar-refractivity contribution is -0.141. The predicted octanol–water partition coefficient (Wildman–Crippen LogP) is 3.93. The summed E-state index contributed by atoms with van der Waals surface area (Å²) in [6.07, 6.45) is 2.48. The van der Waals surface area contributed by atoms with E-state index in [0.29, 0.717) is 31.6 Å². The minimum atomic E-state index is -0.533. The van der Waals surface area contributed by atoms with Crippen molar-refractivity contribution in [3.8, 4) is 0 Å². The molecule has 1 aliphatic heterocycles. The molecule has 3 N–H and O–H groups in total. The third-order valence-corrected chi connectivity index (χ3v) is 4.95. The van der Waals surface area contributed by atoms with Crippen molar-refractivity contribution in [2.24, 2.45) is 10.5 Å². The van der Waals surface area contributed by atoms with Gasteiger partial charge in [-0.2, -0.15) is 5.10 Å². The van der Waals surface area contributed by atoms with Crippen molar-refractivity contribution in [3.05, 3.63) is 29.8 Å². The summed E-state index contributed by atoms with van der Waals surface area (Å²) in [4.78, 5) is 24.7. The monoisotopic (exact) mass is 402 g/mol. The van der Waals surface area contributed by atoms with Crippen LogP contribution in [0.1, 0.15) is 65.9 Å². The highest BCUT2D eigenvalue weighted by Gasteiger charge is 2.37. The van der Waals surface area contributed by atoms with Crippen LogP contribution in [0.5, 0.6) is 0 Å². The van der Waals surface area contributed by atoms with Gasteiger partial charge >= 0.3 is 6.09 Å². The highest BCUT2D eigenvalue weighted by molar-refractivity contribution is 6.05. The maximum Gasteiger partial charge on any atom is 0.407 e. The van der Waals surface area contributed by atoms with Gasteiger partial charge in [-0.25, -0.2) is 9.80 Å². The molecule has 0 saturated heterocycles. The summed E-state index contributed by atoms with van der Waals surface area (Å²) < 4.78 is 5.44. The molecule has 1 aromatic rings. The summed E-state index contributed by atoms with van der Waals surface area (Å²) in [5.74, 6) is -0.0108. The van der Waals surface area contributed by atoms with E-state index in [4.69, 9.17) is 10.5 Å². The number of nitrogens with zero attached hydrogens (tertiary/aromatic N) is 2. The first kappa shape index (κ1) is 22.7. The number of anilines is 1. The Balaban J connectivity index is 1.94. The molecule has 0 saturated carbocycles. The summed E-state index contributed by atoms with van der Waals surface area (Å²) in [7, 11) is 0. The van der Waals surface area contributed by atoms with Gasteiger partial charge in [0.1, 0.15) is 5.60 Å². The minimum absolute atomic E-state index is 0.0108. The van der Waals surface area contributed by atoms with E-state index >= 15 is 0 Å². The number of alkyl carbamates (subject to hydrolysis) is 1. The molecule has 0 bridgehead atoms. The first-order valence-electron chi connectivity index (χ1n) is 10.3. The summed E-state index contributed by atoms with van der Waals surface area (Å²) in [6.45, 7) is 10.6. The van der Waals surface area contributed by atoms with Crippen LogP contribution in [-0.4, -0.2) is 41.4 Å². The number of ether oxygens (including phenoxy) is 1. The van der Waals surface area contributed by atoms with E-state index in [1.165, 1.54) is 5.01 Å². The van der Waals surface area contributed by atoms with Crippen LogP contribution >= 0.6 is 0 Å². The number of benzene rings is 1. The molecule has 1 heterocycles. The summed E-state index contributed by atoms with van der Waals surface area (Å²) >= 11 is 0. The van der Waals surface area contributed by atoms with Gasteiger partial charge < -0.3 is 15.8 Å². The molecule has 2 rings (SSSR count). The van der Waals surface area contributed by atoms with Crippen LogP contribution < -0.4 is 11.1 Å². The zero-order chi connectivity index (χ0) is 21.7. The Labute approximate surface area is 173 Å². The Bertz CT molecular complexity index is 754. The van der Waals surface area contributed by atoms with Crippen LogP contribution in [0.4, 0.5) is 10.5 Å². The van der Waals surface area contributed by atoms with Crippen LogP contribution in [0.2, 0.25) is 0 Å². The summed E-state index contributed by atoms with van der Waals surface area (Å²) in [6, 6.07) is 7.52. The molecule has 160 valence electrons. The lowest BCUT2D eigenvalue weighted by Crippen LogP contribution is -2.45. The third-order valence-electron chi connectivity index (χ3n) is 4.95. The van der Waals surface area contributed by atoms with E-state index in [9.17, 15) is 9.59 Å². The Morgan fingerprint density at radius 1 is 1.31 bits per heavy atom. The van der Waals surface area contributed by atoms with Crippen molar-refractivity contribution in [2.45, 2.75) is 65.9 Å². The molecule has 0 spiro atoms. The Morgan fingerprint density at radius 2 is 1.97 bits per heavy atom. The van der Waals surface area contributed by atoms with Gasteiger partial charge in [0.2, 0.25) is 5.91 Å². The normalized spacial score (nSPS) is 16.4. The number of carbonyl (C=O) groups excluding carboxylic acids is 2. The molecule has 0 aromatic heterocycles. The van der Waals surface area contributed by atoms with Crippen molar-refractivity contribution < 1.29 is 14.3 Å². The van der Waals surface area contributed by atoms with Crippen LogP contribution in [0.3, 0.4) is 0 Å². The second-order valence-electron chi connectivity index (χ2n) is 8.84. The molecular formula is C22H34N4O3. The van der Waals surface area contributed by atoms with E-state index in [1.54, 1.807) is 0 Å². The van der Waals surface area contributed by atoms with Gasteiger partial charge in [0.25, 0.3) is 0 Å². The maximum absolute atomic E-state index is 12.8. The number of nitrogens with one attached hydrogen (secondary N) is 1. The first-order valence-corrected chi connectivity index (χ1v) is 10.3. The molecule has 0 atom stereocenters. The number of hydrogen-bond acceptors (Lipinski definition) is 5. The zero-order valence-electron chi connectivity index (χ0n) is 18.2. The van der Waals surface area contributed by atoms with Crippen molar-refractivity contribution in [1.29, 1.82) is 0 Å². The van der Waals surface area contributed by atoms with Gasteiger partial charge in [0, 0.05) is 25.2 Å². The SMILES string of the molecule is CCCC(C)(C)OC(=O)NCCCN1N=C(c2ccc(N)cc2)CC(C)(C)C1=O. The fraction of sp³-hybridized carbons (Fsp3) is 0.591. The smallest absolute Gasteiger partial charge is 0.407 e. The average molecular weight is 403 g/mol. The maximum atomic E-state index is 12.8. The largest absolute Gasteiger partial charge is 0.444 e. The van der Waals surface area contributed by atoms with Crippen molar-refractivity contribution in [3.63, 3.8) is 0 Å². The van der Waals surface area contributed by atoms with Gasteiger partial charge in [-0.1, -0.05) is 39.3 Å². The average Bonchev–Trinajstić information content (AvgIpc) is 2.62. The predicted molar refractivity (Wildman–Crippen MR) is 116 cm³/mol. The fourth-order valence-electron chi connectivity index (χ4n) is 3.42. The van der Waals surface area contributed by atoms with Crippen LogP contribution in [0.15, 0.2) is 29.4 Å². The standard InChI is InChI=1S/C22H34N4O3/c1-6-12-22(4,5)29-20(28)24-13-7-14-26-19(27)21(2,3)15-18(25-26)16-8-10-17(23)11-9-16/h8-11H,6-7,12-15,23H2,1-5H3,(H,24,28). The number of hydrogen-bond donors (Lipinski definition) is 2. The molecule has 0 radical (unpaired) electrons. The van der Waals surface area contributed by atoms with E-state index in [0.717, 1.165) is 24.1 Å². The second-order valence-corrected chi connectivity index (χ2v) is 8.84. The molecule has 0 aliphatic carbocycles. The van der Waals surface area contributed by atoms with E-state index in [2.05, 4.69) is 17.3 Å². The van der Waals surface area contributed by atoms with E-state index < -0.39 is 17.1 Å². The molecule has 7 heteroatoms. The van der Waals surface area contributed by atoms with Gasteiger partial charge in [-0.05, 0) is 44.4 Å². The van der Waals surface area contributed by atoms with Gasteiger partial charge in [-0.15, -0.1) is 0 Å². The van der Waals surface area contributed by atoms with E-state index in [-0.39, 0.29) is 5.91 Å². The summed E-state index contributed by atoms with van der Waals surface area (Å²) in [5, 5.41) is 8.85. The topological polar surface area (TPSA) is 97.0 Å². The molecular weight excluding hydrogens is 368 g/mol. The molecule has 0 fully saturated rings. The fourth-order valence-corrected chi connectivity index (χ4v) is 3.42. The number of amides is 2. The molecule has 29 heavy (non-hydrogen) atoms. The summed E-state index contributed by atoms with van der Waals surface area (Å²) in [5.41, 5.74) is 7.27. The Morgan fingerprint density at radius 3 is 2.59 bits per heavy atom. The van der Waals surface area contributed by atoms with Crippen LogP contribution in [0, 0.1) is 5.41 Å². The van der Waals surface area contributed by atoms with Gasteiger partial charge in [0.05, 0.1) is 11.1 Å². The molecule has 1 aliphatic rings. The molecule has 1 aromatic carbocycles. The number of carbonyl (C=O) groups is 2. The van der Waals surface area contributed by atoms with Gasteiger partial charge in [-0.3, -0.25) is 4.79 Å². The Hall–Kier alpha value is -2.57. The van der Waals surface area contributed by atoms with Crippen molar-refractivity contribution in [1.82, 2.24) is 10.3 Å². The van der Waals surface area contributed by atoms with E-state index in [1.807, 2.05) is 52.0 Å². The Kier molecular flexibility index (Phi) is 7.27. The third kappa shape index (κ3) is 6.48. The molecule has 2 amide bonds. The van der Waals surface area contributed by atoms with Crippen molar-refractivity contribution in [2.75, 3.05) is 18.8 Å². The quantitative estimate of drug-likeness (QED) is 0.509. The number of nitrogen functional groups attached to an aromatic ring is 1. The number of hydrazone groups is 1. The minimum Gasteiger partial charge on any atom is -0.444 e.